The Bertz CT molecular complexity index is 1450. The highest BCUT2D eigenvalue weighted by atomic mass is 35.5. The molecule has 1 unspecified atom stereocenters. The van der Waals surface area contributed by atoms with Crippen LogP contribution >= 0.6 is 22.9 Å². The lowest BCUT2D eigenvalue weighted by Crippen LogP contribution is -2.29. The van der Waals surface area contributed by atoms with E-state index in [1.54, 1.807) is 24.1 Å². The molecule has 1 amide bonds. The van der Waals surface area contributed by atoms with Crippen molar-refractivity contribution >= 4 is 44.9 Å². The molecule has 5 rings (SSSR count). The summed E-state index contributed by atoms with van der Waals surface area (Å²) in [6.07, 6.45) is 0. The SMILES string of the molecule is COc1cccc(C2c3c(oc4cc(C)c(Cl)cc4c3=O)C(=O)N2c2nc(C)c(C)s2)c1. The number of aromatic nitrogens is 1. The Hall–Kier alpha value is -3.16. The van der Waals surface area contributed by atoms with Crippen molar-refractivity contribution in [2.24, 2.45) is 0 Å². The van der Waals surface area contributed by atoms with Crippen molar-refractivity contribution in [3.05, 3.63) is 84.7 Å². The highest BCUT2D eigenvalue weighted by Gasteiger charge is 2.45. The zero-order valence-corrected chi connectivity index (χ0v) is 19.4. The number of carbonyl (C=O) groups is 1. The van der Waals surface area contributed by atoms with E-state index in [1.165, 1.54) is 11.3 Å². The minimum atomic E-state index is -0.696. The number of benzene rings is 2. The molecule has 1 atom stereocenters. The summed E-state index contributed by atoms with van der Waals surface area (Å²) < 4.78 is 11.4. The molecular weight excluding hydrogens is 448 g/mol. The molecule has 0 bridgehead atoms. The zero-order valence-electron chi connectivity index (χ0n) is 17.9. The van der Waals surface area contributed by atoms with Crippen LogP contribution in [0.15, 0.2) is 45.6 Å². The summed E-state index contributed by atoms with van der Waals surface area (Å²) in [5, 5.41) is 1.32. The first-order chi connectivity index (χ1) is 15.3. The van der Waals surface area contributed by atoms with Crippen LogP contribution in [-0.4, -0.2) is 18.0 Å². The summed E-state index contributed by atoms with van der Waals surface area (Å²) in [7, 11) is 1.57. The molecule has 0 fully saturated rings. The molecule has 162 valence electrons. The lowest BCUT2D eigenvalue weighted by molar-refractivity contribution is 0.0971. The summed E-state index contributed by atoms with van der Waals surface area (Å²) >= 11 is 7.70. The largest absolute Gasteiger partial charge is 0.497 e. The number of ether oxygens (including phenoxy) is 1. The molecule has 2 aromatic carbocycles. The summed E-state index contributed by atoms with van der Waals surface area (Å²) in [6, 6.07) is 9.92. The van der Waals surface area contributed by atoms with Crippen molar-refractivity contribution in [2.75, 3.05) is 12.0 Å². The van der Waals surface area contributed by atoms with Gasteiger partial charge in [0.15, 0.2) is 10.6 Å². The van der Waals surface area contributed by atoms with Gasteiger partial charge in [-0.25, -0.2) is 4.98 Å². The fraction of sp³-hybridized carbons (Fsp3) is 0.208. The number of aryl methyl sites for hydroxylation is 3. The quantitative estimate of drug-likeness (QED) is 0.393. The first kappa shape index (κ1) is 20.7. The number of halogens is 1. The van der Waals surface area contributed by atoms with Crippen LogP contribution in [0.5, 0.6) is 5.75 Å². The monoisotopic (exact) mass is 466 g/mol. The number of thiazole rings is 1. The molecule has 2 aromatic heterocycles. The van der Waals surface area contributed by atoms with Crippen molar-refractivity contribution in [1.29, 1.82) is 0 Å². The molecule has 3 heterocycles. The number of fused-ring (bicyclic) bond motifs is 2. The van der Waals surface area contributed by atoms with Gasteiger partial charge in [-0.05, 0) is 56.2 Å². The van der Waals surface area contributed by atoms with Gasteiger partial charge < -0.3 is 9.15 Å². The maximum atomic E-state index is 13.7. The summed E-state index contributed by atoms with van der Waals surface area (Å²) in [5.74, 6) is 0.259. The number of hydrogen-bond acceptors (Lipinski definition) is 6. The lowest BCUT2D eigenvalue weighted by atomic mass is 9.98. The van der Waals surface area contributed by atoms with E-state index < -0.39 is 11.9 Å². The average Bonchev–Trinajstić information content (AvgIpc) is 3.26. The van der Waals surface area contributed by atoms with Crippen LogP contribution in [0.3, 0.4) is 0 Å². The fourth-order valence-corrected chi connectivity index (χ4v) is 5.08. The van der Waals surface area contributed by atoms with Gasteiger partial charge in [-0.1, -0.05) is 23.7 Å². The Balaban J connectivity index is 1.83. The Morgan fingerprint density at radius 2 is 1.94 bits per heavy atom. The fourth-order valence-electron chi connectivity index (χ4n) is 3.98. The molecule has 4 aromatic rings. The van der Waals surface area contributed by atoms with E-state index >= 15 is 0 Å². The van der Waals surface area contributed by atoms with E-state index in [0.717, 1.165) is 21.7 Å². The third-order valence-electron chi connectivity index (χ3n) is 5.78. The van der Waals surface area contributed by atoms with Gasteiger partial charge in [-0.2, -0.15) is 0 Å². The van der Waals surface area contributed by atoms with Crippen molar-refractivity contribution < 1.29 is 13.9 Å². The minimum absolute atomic E-state index is 0.0301. The van der Waals surface area contributed by atoms with Crippen molar-refractivity contribution in [3.63, 3.8) is 0 Å². The molecule has 0 spiro atoms. The molecule has 0 saturated carbocycles. The normalized spacial score (nSPS) is 15.5. The molecule has 0 saturated heterocycles. The Morgan fingerprint density at radius 1 is 1.16 bits per heavy atom. The maximum Gasteiger partial charge on any atom is 0.297 e. The van der Waals surface area contributed by atoms with E-state index in [2.05, 4.69) is 4.98 Å². The predicted molar refractivity (Wildman–Crippen MR) is 125 cm³/mol. The van der Waals surface area contributed by atoms with Gasteiger partial charge in [-0.15, -0.1) is 11.3 Å². The molecule has 0 aliphatic carbocycles. The Morgan fingerprint density at radius 3 is 2.62 bits per heavy atom. The van der Waals surface area contributed by atoms with E-state index in [0.29, 0.717) is 26.9 Å². The zero-order chi connectivity index (χ0) is 22.7. The van der Waals surface area contributed by atoms with Crippen LogP contribution < -0.4 is 15.1 Å². The number of amides is 1. The maximum absolute atomic E-state index is 13.7. The molecule has 8 heteroatoms. The smallest absolute Gasteiger partial charge is 0.297 e. The van der Waals surface area contributed by atoms with Gasteiger partial charge in [-0.3, -0.25) is 14.5 Å². The molecule has 1 aliphatic heterocycles. The average molecular weight is 467 g/mol. The van der Waals surface area contributed by atoms with Gasteiger partial charge in [0, 0.05) is 9.90 Å². The van der Waals surface area contributed by atoms with Gasteiger partial charge >= 0.3 is 0 Å². The standard InChI is InChI=1S/C24H19ClN2O4S/c1-11-8-18-16(10-17(11)25)21(28)19-20(14-6-5-7-15(9-14)30-4)27(23(29)22(19)31-18)24-26-12(2)13(3)32-24/h5-10,20H,1-4H3. The number of hydrogen-bond donors (Lipinski definition) is 0. The second-order valence-corrected chi connectivity index (χ2v) is 9.35. The van der Waals surface area contributed by atoms with Crippen LogP contribution in [0, 0.1) is 20.8 Å². The van der Waals surface area contributed by atoms with Crippen LogP contribution in [0.2, 0.25) is 5.02 Å². The minimum Gasteiger partial charge on any atom is -0.497 e. The molecule has 32 heavy (non-hydrogen) atoms. The first-order valence-electron chi connectivity index (χ1n) is 9.98. The van der Waals surface area contributed by atoms with Crippen molar-refractivity contribution in [2.45, 2.75) is 26.8 Å². The van der Waals surface area contributed by atoms with Crippen LogP contribution in [0.25, 0.3) is 11.0 Å². The topological polar surface area (TPSA) is 72.6 Å². The van der Waals surface area contributed by atoms with E-state index in [4.69, 9.17) is 20.8 Å². The Kier molecular flexibility index (Phi) is 4.83. The number of nitrogens with zero attached hydrogens (tertiary/aromatic N) is 2. The number of carbonyl (C=O) groups excluding carboxylic acids is 1. The van der Waals surface area contributed by atoms with Gasteiger partial charge in [0.2, 0.25) is 5.76 Å². The van der Waals surface area contributed by atoms with Gasteiger partial charge in [0.1, 0.15) is 11.3 Å². The van der Waals surface area contributed by atoms with E-state index in [9.17, 15) is 9.59 Å². The van der Waals surface area contributed by atoms with E-state index in [-0.39, 0.29) is 16.8 Å². The van der Waals surface area contributed by atoms with E-state index in [1.807, 2.05) is 45.0 Å². The van der Waals surface area contributed by atoms with Crippen LogP contribution in [-0.2, 0) is 0 Å². The summed E-state index contributed by atoms with van der Waals surface area (Å²) in [6.45, 7) is 5.67. The molecule has 0 N–H and O–H groups in total. The Labute approximate surface area is 193 Å². The summed E-state index contributed by atoms with van der Waals surface area (Å²) in [5.41, 5.74) is 2.66. The lowest BCUT2D eigenvalue weighted by Gasteiger charge is -2.23. The summed E-state index contributed by atoms with van der Waals surface area (Å²) in [4.78, 5) is 34.4. The molecule has 1 aliphatic rings. The molecule has 6 nitrogen and oxygen atoms in total. The first-order valence-corrected chi connectivity index (χ1v) is 11.2. The van der Waals surface area contributed by atoms with Gasteiger partial charge in [0.25, 0.3) is 5.91 Å². The number of rotatable bonds is 3. The second kappa shape index (κ2) is 7.46. The third-order valence-corrected chi connectivity index (χ3v) is 7.26. The second-order valence-electron chi connectivity index (χ2n) is 7.76. The van der Waals surface area contributed by atoms with Gasteiger partial charge in [0.05, 0.1) is 29.8 Å². The number of anilines is 1. The van der Waals surface area contributed by atoms with Crippen LogP contribution in [0.1, 0.15) is 43.9 Å². The third kappa shape index (κ3) is 3.04. The molecular formula is C24H19ClN2O4S. The van der Waals surface area contributed by atoms with Crippen LogP contribution in [0.4, 0.5) is 5.13 Å². The predicted octanol–water partition coefficient (Wildman–Crippen LogP) is 5.59. The highest BCUT2D eigenvalue weighted by Crippen LogP contribution is 2.43. The van der Waals surface area contributed by atoms with Crippen molar-refractivity contribution in [3.8, 4) is 5.75 Å². The molecule has 0 radical (unpaired) electrons. The highest BCUT2D eigenvalue weighted by molar-refractivity contribution is 7.15. The number of methoxy groups -OCH3 is 1. The van der Waals surface area contributed by atoms with Crippen molar-refractivity contribution in [1.82, 2.24) is 4.98 Å².